The lowest BCUT2D eigenvalue weighted by Gasteiger charge is -2.02. The predicted octanol–water partition coefficient (Wildman–Crippen LogP) is 6.85. The Morgan fingerprint density at radius 1 is 0.846 bits per heavy atom. The monoisotopic (exact) mass is 355 g/mol. The van der Waals surface area contributed by atoms with Crippen molar-refractivity contribution >= 4 is 38.9 Å². The first-order chi connectivity index (χ1) is 12.7. The summed E-state index contributed by atoms with van der Waals surface area (Å²) in [6.07, 6.45) is 0. The van der Waals surface area contributed by atoms with Crippen molar-refractivity contribution in [1.29, 1.82) is 0 Å². The average molecular weight is 355 g/mol. The molecule has 0 unspecified atom stereocenters. The molecular weight excluding hydrogens is 326 g/mol. The fourth-order valence-electron chi connectivity index (χ4n) is 2.92. The topological polar surface area (TPSA) is 55.4 Å². The molecular formula is C22H29NO3. The van der Waals surface area contributed by atoms with Gasteiger partial charge in [0.2, 0.25) is 0 Å². The van der Waals surface area contributed by atoms with Gasteiger partial charge in [-0.1, -0.05) is 59.7 Å². The van der Waals surface area contributed by atoms with Gasteiger partial charge >= 0.3 is 5.97 Å². The summed E-state index contributed by atoms with van der Waals surface area (Å²) in [5, 5.41) is 11.2. The lowest BCUT2D eigenvalue weighted by Crippen LogP contribution is -2.00. The van der Waals surface area contributed by atoms with Gasteiger partial charge in [0.05, 0.1) is 16.6 Å². The first-order valence-electron chi connectivity index (χ1n) is 9.30. The van der Waals surface area contributed by atoms with Crippen LogP contribution in [0.15, 0.2) is 46.9 Å². The third-order valence-corrected chi connectivity index (χ3v) is 3.75. The predicted molar refractivity (Wildman–Crippen MR) is 111 cm³/mol. The number of benzene rings is 2. The van der Waals surface area contributed by atoms with Gasteiger partial charge in [-0.05, 0) is 24.3 Å². The summed E-state index contributed by atoms with van der Waals surface area (Å²) < 4.78 is 7.81. The zero-order valence-corrected chi connectivity index (χ0v) is 16.8. The van der Waals surface area contributed by atoms with Crippen LogP contribution >= 0.6 is 0 Å². The highest BCUT2D eigenvalue weighted by atomic mass is 16.4. The van der Waals surface area contributed by atoms with Crippen LogP contribution in [0.5, 0.6) is 0 Å². The minimum absolute atomic E-state index is 0.292. The molecule has 1 N–H and O–H groups in total. The largest absolute Gasteiger partial charge is 0.478 e. The number of carbonyl (C=O) groups is 1. The number of carboxylic acids is 1. The third-order valence-electron chi connectivity index (χ3n) is 3.75. The van der Waals surface area contributed by atoms with Gasteiger partial charge in [-0.15, -0.1) is 0 Å². The third kappa shape index (κ3) is 3.45. The molecule has 4 rings (SSSR count). The van der Waals surface area contributed by atoms with Crippen molar-refractivity contribution < 1.29 is 14.3 Å². The van der Waals surface area contributed by atoms with E-state index in [1.807, 2.05) is 83.5 Å². The first-order valence-corrected chi connectivity index (χ1v) is 9.30. The van der Waals surface area contributed by atoms with E-state index in [2.05, 4.69) is 0 Å². The molecule has 0 amide bonds. The number of furan rings is 1. The van der Waals surface area contributed by atoms with E-state index in [0.29, 0.717) is 11.1 Å². The molecule has 4 nitrogen and oxygen atoms in total. The molecule has 4 heteroatoms. The van der Waals surface area contributed by atoms with Crippen LogP contribution in [-0.2, 0) is 7.05 Å². The number of fused-ring (bicyclic) bond motifs is 5. The van der Waals surface area contributed by atoms with Gasteiger partial charge < -0.3 is 14.1 Å². The summed E-state index contributed by atoms with van der Waals surface area (Å²) in [5.41, 5.74) is 3.48. The van der Waals surface area contributed by atoms with E-state index in [1.54, 1.807) is 12.1 Å². The Kier molecular flexibility index (Phi) is 7.91. The van der Waals surface area contributed by atoms with Gasteiger partial charge in [-0.25, -0.2) is 4.79 Å². The lowest BCUT2D eigenvalue weighted by atomic mass is 10.1. The molecule has 0 aliphatic rings. The number of hydrogen-bond donors (Lipinski definition) is 1. The van der Waals surface area contributed by atoms with Gasteiger partial charge in [0.15, 0.2) is 5.58 Å². The molecule has 0 spiro atoms. The van der Waals surface area contributed by atoms with Crippen LogP contribution < -0.4 is 0 Å². The van der Waals surface area contributed by atoms with Crippen molar-refractivity contribution in [1.82, 2.24) is 4.57 Å². The van der Waals surface area contributed by atoms with Crippen LogP contribution in [0.25, 0.3) is 33.0 Å². The first kappa shape index (κ1) is 21.3. The summed E-state index contributed by atoms with van der Waals surface area (Å²) in [6, 6.07) is 13.0. The summed E-state index contributed by atoms with van der Waals surface area (Å²) in [5.74, 6) is -0.928. The number of rotatable bonds is 1. The molecule has 0 aliphatic carbocycles. The molecule has 140 valence electrons. The lowest BCUT2D eigenvalue weighted by molar-refractivity contribution is 0.0698. The van der Waals surface area contributed by atoms with Crippen LogP contribution in [0, 0.1) is 0 Å². The van der Waals surface area contributed by atoms with Crippen molar-refractivity contribution in [2.24, 2.45) is 7.05 Å². The van der Waals surface area contributed by atoms with Crippen LogP contribution in [0.3, 0.4) is 0 Å². The van der Waals surface area contributed by atoms with Crippen LogP contribution in [-0.4, -0.2) is 15.6 Å². The van der Waals surface area contributed by atoms with E-state index < -0.39 is 5.97 Å². The van der Waals surface area contributed by atoms with Gasteiger partial charge in [-0.3, -0.25) is 0 Å². The molecule has 0 fully saturated rings. The number of carboxylic acid groups (broad SMARTS) is 1. The highest BCUT2D eigenvalue weighted by molar-refractivity contribution is 6.18. The van der Waals surface area contributed by atoms with Crippen LogP contribution in [0.1, 0.15) is 51.9 Å². The van der Waals surface area contributed by atoms with E-state index in [0.717, 1.165) is 27.5 Å². The van der Waals surface area contributed by atoms with Gasteiger partial charge in [0.1, 0.15) is 5.58 Å². The van der Waals surface area contributed by atoms with E-state index >= 15 is 0 Å². The molecule has 0 atom stereocenters. The van der Waals surface area contributed by atoms with Crippen molar-refractivity contribution in [3.8, 4) is 0 Å². The summed E-state index contributed by atoms with van der Waals surface area (Å²) >= 11 is 0. The molecule has 2 heterocycles. The fraction of sp³-hybridized carbons (Fsp3) is 0.318. The molecule has 0 saturated heterocycles. The number of aromatic nitrogens is 1. The van der Waals surface area contributed by atoms with E-state index in [-0.39, 0.29) is 0 Å². The maximum absolute atomic E-state index is 11.4. The smallest absolute Gasteiger partial charge is 0.337 e. The van der Waals surface area contributed by atoms with E-state index in [4.69, 9.17) is 4.42 Å². The summed E-state index contributed by atoms with van der Waals surface area (Å²) in [4.78, 5) is 11.4. The Labute approximate surface area is 155 Å². The highest BCUT2D eigenvalue weighted by Crippen LogP contribution is 2.37. The second-order valence-electron chi connectivity index (χ2n) is 4.84. The molecule has 0 radical (unpaired) electrons. The Morgan fingerprint density at radius 2 is 1.42 bits per heavy atom. The van der Waals surface area contributed by atoms with Crippen molar-refractivity contribution in [3.63, 3.8) is 0 Å². The van der Waals surface area contributed by atoms with Crippen molar-refractivity contribution in [2.75, 3.05) is 0 Å². The molecule has 0 saturated carbocycles. The number of aryl methyl sites for hydroxylation is 1. The zero-order valence-electron chi connectivity index (χ0n) is 16.8. The number of aromatic carboxylic acids is 1. The molecule has 4 aromatic rings. The van der Waals surface area contributed by atoms with Crippen molar-refractivity contribution in [3.05, 3.63) is 48.0 Å². The number of hydrogen-bond acceptors (Lipinski definition) is 2. The standard InChI is InChI=1S/C16H11NO3.3C2H6/c1-17-13-10(6-4-7-11(13)16(18)19)15-14(17)9-5-2-3-8-12(9)20-15;3*1-2/h2-8H,1H3,(H,18,19);3*1-2H3. The summed E-state index contributed by atoms with van der Waals surface area (Å²) in [6.45, 7) is 12.0. The van der Waals surface area contributed by atoms with Gasteiger partial charge in [-0.2, -0.15) is 0 Å². The van der Waals surface area contributed by atoms with E-state index in [9.17, 15) is 9.90 Å². The van der Waals surface area contributed by atoms with Crippen LogP contribution in [0.2, 0.25) is 0 Å². The maximum Gasteiger partial charge on any atom is 0.337 e. The number of para-hydroxylation sites is 2. The normalized spacial score (nSPS) is 9.65. The molecule has 2 aromatic heterocycles. The molecule has 26 heavy (non-hydrogen) atoms. The second kappa shape index (κ2) is 9.66. The fourth-order valence-corrected chi connectivity index (χ4v) is 2.92. The van der Waals surface area contributed by atoms with E-state index in [1.165, 1.54) is 0 Å². The Morgan fingerprint density at radius 3 is 2.04 bits per heavy atom. The average Bonchev–Trinajstić information content (AvgIpc) is 3.22. The zero-order chi connectivity index (χ0) is 19.9. The minimum atomic E-state index is -0.928. The Balaban J connectivity index is 0.000000515. The highest BCUT2D eigenvalue weighted by Gasteiger charge is 2.20. The minimum Gasteiger partial charge on any atom is -0.478 e. The second-order valence-corrected chi connectivity index (χ2v) is 4.84. The SMILES string of the molecule is CC.CC.CC.Cn1c2c(C(=O)O)cccc2c2oc3ccccc3c21. The maximum atomic E-state index is 11.4. The summed E-state index contributed by atoms with van der Waals surface area (Å²) in [7, 11) is 1.87. The quantitative estimate of drug-likeness (QED) is 0.406. The van der Waals surface area contributed by atoms with Gasteiger partial charge in [0, 0.05) is 17.8 Å². The number of nitrogens with zero attached hydrogens (tertiary/aromatic N) is 1. The van der Waals surface area contributed by atoms with Crippen molar-refractivity contribution in [2.45, 2.75) is 41.5 Å². The Hall–Kier alpha value is -2.75. The van der Waals surface area contributed by atoms with Gasteiger partial charge in [0.25, 0.3) is 0 Å². The molecule has 2 aromatic carbocycles. The molecule has 0 aliphatic heterocycles. The van der Waals surface area contributed by atoms with Crippen LogP contribution in [0.4, 0.5) is 0 Å². The Bertz CT molecular complexity index is 993. The molecule has 0 bridgehead atoms.